The SMILES string of the molecule is CCNC(c1cncc(OCC)c1)c1cc(Br)ccc1F. The lowest BCUT2D eigenvalue weighted by molar-refractivity contribution is 0.338. The fraction of sp³-hybridized carbons (Fsp3) is 0.312. The van der Waals surface area contributed by atoms with Crippen LogP contribution in [0.2, 0.25) is 0 Å². The third kappa shape index (κ3) is 4.02. The van der Waals surface area contributed by atoms with Gasteiger partial charge in [-0.3, -0.25) is 4.98 Å². The van der Waals surface area contributed by atoms with Crippen molar-refractivity contribution in [2.75, 3.05) is 13.2 Å². The van der Waals surface area contributed by atoms with Crippen LogP contribution in [0, 0.1) is 5.82 Å². The Hall–Kier alpha value is -1.46. The number of hydrogen-bond acceptors (Lipinski definition) is 3. The molecule has 21 heavy (non-hydrogen) atoms. The highest BCUT2D eigenvalue weighted by molar-refractivity contribution is 9.10. The minimum Gasteiger partial charge on any atom is -0.492 e. The van der Waals surface area contributed by atoms with E-state index in [1.165, 1.54) is 6.07 Å². The third-order valence-corrected chi connectivity index (χ3v) is 3.55. The molecule has 1 aromatic heterocycles. The fourth-order valence-corrected chi connectivity index (χ4v) is 2.57. The Balaban J connectivity index is 2.42. The Morgan fingerprint density at radius 2 is 2.10 bits per heavy atom. The maximum absolute atomic E-state index is 14.2. The minimum absolute atomic E-state index is 0.244. The summed E-state index contributed by atoms with van der Waals surface area (Å²) in [6, 6.07) is 6.57. The van der Waals surface area contributed by atoms with Gasteiger partial charge in [0.25, 0.3) is 0 Å². The lowest BCUT2D eigenvalue weighted by Gasteiger charge is -2.20. The molecule has 0 fully saturated rings. The molecule has 0 amide bonds. The predicted octanol–water partition coefficient (Wildman–Crippen LogP) is 4.08. The van der Waals surface area contributed by atoms with Crippen molar-refractivity contribution in [3.05, 3.63) is 58.1 Å². The van der Waals surface area contributed by atoms with Crippen LogP contribution in [-0.4, -0.2) is 18.1 Å². The van der Waals surface area contributed by atoms with E-state index in [1.54, 1.807) is 24.5 Å². The first-order chi connectivity index (χ1) is 10.2. The Bertz CT molecular complexity index is 607. The molecule has 1 N–H and O–H groups in total. The average Bonchev–Trinajstić information content (AvgIpc) is 2.48. The zero-order valence-corrected chi connectivity index (χ0v) is 13.7. The van der Waals surface area contributed by atoms with Crippen LogP contribution in [0.1, 0.15) is 31.0 Å². The molecule has 2 aromatic rings. The molecular weight excluding hydrogens is 335 g/mol. The van der Waals surface area contributed by atoms with Crippen LogP contribution in [0.4, 0.5) is 4.39 Å². The number of nitrogens with zero attached hydrogens (tertiary/aromatic N) is 1. The van der Waals surface area contributed by atoms with E-state index in [9.17, 15) is 4.39 Å². The summed E-state index contributed by atoms with van der Waals surface area (Å²) < 4.78 is 20.5. The van der Waals surface area contributed by atoms with Gasteiger partial charge in [-0.1, -0.05) is 22.9 Å². The zero-order chi connectivity index (χ0) is 15.2. The maximum atomic E-state index is 14.2. The van der Waals surface area contributed by atoms with Crippen molar-refractivity contribution in [2.24, 2.45) is 0 Å². The molecule has 0 aliphatic carbocycles. The van der Waals surface area contributed by atoms with Crippen molar-refractivity contribution in [1.29, 1.82) is 0 Å². The fourth-order valence-electron chi connectivity index (χ4n) is 2.19. The van der Waals surface area contributed by atoms with Crippen molar-refractivity contribution in [2.45, 2.75) is 19.9 Å². The number of rotatable bonds is 6. The highest BCUT2D eigenvalue weighted by atomic mass is 79.9. The lowest BCUT2D eigenvalue weighted by Crippen LogP contribution is -2.23. The summed E-state index contributed by atoms with van der Waals surface area (Å²) in [6.45, 7) is 5.20. The summed E-state index contributed by atoms with van der Waals surface area (Å²) in [7, 11) is 0. The van der Waals surface area contributed by atoms with Crippen molar-refractivity contribution in [3.8, 4) is 5.75 Å². The van der Waals surface area contributed by atoms with E-state index < -0.39 is 0 Å². The second-order valence-electron chi connectivity index (χ2n) is 4.54. The Morgan fingerprint density at radius 3 is 2.81 bits per heavy atom. The summed E-state index contributed by atoms with van der Waals surface area (Å²) in [5.41, 5.74) is 1.46. The first kappa shape index (κ1) is 15.9. The molecule has 1 unspecified atom stereocenters. The molecule has 2 rings (SSSR count). The van der Waals surface area contributed by atoms with Gasteiger partial charge in [-0.15, -0.1) is 0 Å². The number of halogens is 2. The third-order valence-electron chi connectivity index (χ3n) is 3.06. The zero-order valence-electron chi connectivity index (χ0n) is 12.1. The molecule has 0 bridgehead atoms. The molecule has 112 valence electrons. The van der Waals surface area contributed by atoms with Crippen molar-refractivity contribution < 1.29 is 9.13 Å². The standard InChI is InChI=1S/C16H18BrFN2O/c1-3-20-16(14-8-12(17)5-6-15(14)18)11-7-13(21-4-2)10-19-9-11/h5-10,16,20H,3-4H2,1-2H3. The van der Waals surface area contributed by atoms with Gasteiger partial charge in [0.15, 0.2) is 0 Å². The monoisotopic (exact) mass is 352 g/mol. The van der Waals surface area contributed by atoms with Gasteiger partial charge in [0.1, 0.15) is 11.6 Å². The maximum Gasteiger partial charge on any atom is 0.137 e. The Morgan fingerprint density at radius 1 is 1.29 bits per heavy atom. The summed E-state index contributed by atoms with van der Waals surface area (Å²) >= 11 is 3.39. The Kier molecular flexibility index (Phi) is 5.70. The minimum atomic E-state index is -0.264. The number of aromatic nitrogens is 1. The summed E-state index contributed by atoms with van der Waals surface area (Å²) in [5.74, 6) is 0.444. The van der Waals surface area contributed by atoms with Gasteiger partial charge in [0.05, 0.1) is 18.8 Å². The van der Waals surface area contributed by atoms with Crippen LogP contribution in [0.3, 0.4) is 0 Å². The van der Waals surface area contributed by atoms with Crippen LogP contribution in [0.25, 0.3) is 0 Å². The van der Waals surface area contributed by atoms with Gasteiger partial charge in [-0.2, -0.15) is 0 Å². The van der Waals surface area contributed by atoms with E-state index in [0.717, 1.165) is 16.6 Å². The molecule has 1 atom stereocenters. The molecule has 3 nitrogen and oxygen atoms in total. The summed E-state index contributed by atoms with van der Waals surface area (Å²) in [5, 5.41) is 3.30. The van der Waals surface area contributed by atoms with E-state index in [4.69, 9.17) is 4.74 Å². The van der Waals surface area contributed by atoms with Gasteiger partial charge >= 0.3 is 0 Å². The van der Waals surface area contributed by atoms with Crippen molar-refractivity contribution >= 4 is 15.9 Å². The summed E-state index contributed by atoms with van der Waals surface area (Å²) in [4.78, 5) is 4.18. The van der Waals surface area contributed by atoms with Gasteiger partial charge in [0, 0.05) is 16.2 Å². The van der Waals surface area contributed by atoms with Crippen LogP contribution in [0.5, 0.6) is 5.75 Å². The predicted molar refractivity (Wildman–Crippen MR) is 85.0 cm³/mol. The highest BCUT2D eigenvalue weighted by Gasteiger charge is 2.18. The molecular formula is C16H18BrFN2O. The summed E-state index contributed by atoms with van der Waals surface area (Å²) in [6.07, 6.45) is 3.39. The smallest absolute Gasteiger partial charge is 0.137 e. The number of hydrogen-bond donors (Lipinski definition) is 1. The van der Waals surface area contributed by atoms with E-state index >= 15 is 0 Å². The van der Waals surface area contributed by atoms with Crippen LogP contribution < -0.4 is 10.1 Å². The molecule has 0 spiro atoms. The first-order valence-corrected chi connectivity index (χ1v) is 7.71. The normalized spacial score (nSPS) is 12.2. The van der Waals surface area contributed by atoms with E-state index in [-0.39, 0.29) is 11.9 Å². The molecule has 1 aromatic carbocycles. The van der Waals surface area contributed by atoms with E-state index in [0.29, 0.717) is 17.9 Å². The molecule has 0 radical (unpaired) electrons. The number of pyridine rings is 1. The van der Waals surface area contributed by atoms with Gasteiger partial charge < -0.3 is 10.1 Å². The van der Waals surface area contributed by atoms with Gasteiger partial charge in [0.2, 0.25) is 0 Å². The number of ether oxygens (including phenoxy) is 1. The van der Waals surface area contributed by atoms with E-state index in [1.807, 2.05) is 19.9 Å². The topological polar surface area (TPSA) is 34.2 Å². The second-order valence-corrected chi connectivity index (χ2v) is 5.46. The second kappa shape index (κ2) is 7.52. The van der Waals surface area contributed by atoms with Crippen molar-refractivity contribution in [3.63, 3.8) is 0 Å². The molecule has 0 saturated carbocycles. The van der Waals surface area contributed by atoms with Crippen molar-refractivity contribution in [1.82, 2.24) is 10.3 Å². The largest absolute Gasteiger partial charge is 0.492 e. The molecule has 5 heteroatoms. The van der Waals surface area contributed by atoms with Crippen LogP contribution >= 0.6 is 15.9 Å². The Labute approximate surface area is 132 Å². The molecule has 0 saturated heterocycles. The lowest BCUT2D eigenvalue weighted by atomic mass is 9.99. The molecule has 0 aliphatic heterocycles. The number of benzene rings is 1. The average molecular weight is 353 g/mol. The van der Waals surface area contributed by atoms with Crippen LogP contribution in [0.15, 0.2) is 41.1 Å². The molecule has 0 aliphatic rings. The van der Waals surface area contributed by atoms with Crippen LogP contribution in [-0.2, 0) is 0 Å². The van der Waals surface area contributed by atoms with Gasteiger partial charge in [-0.25, -0.2) is 4.39 Å². The van der Waals surface area contributed by atoms with E-state index in [2.05, 4.69) is 26.2 Å². The van der Waals surface area contributed by atoms with Gasteiger partial charge in [-0.05, 0) is 43.3 Å². The highest BCUT2D eigenvalue weighted by Crippen LogP contribution is 2.28. The quantitative estimate of drug-likeness (QED) is 0.850. The molecule has 1 heterocycles. The first-order valence-electron chi connectivity index (χ1n) is 6.91. The number of nitrogens with one attached hydrogen (secondary N) is 1.